The van der Waals surface area contributed by atoms with Crippen molar-refractivity contribution in [3.63, 3.8) is 0 Å². The lowest BCUT2D eigenvalue weighted by Gasteiger charge is -2.27. The number of aliphatic hydroxyl groups is 1. The van der Waals surface area contributed by atoms with E-state index in [1.54, 1.807) is 12.3 Å². The number of carbonyl (C=O) groups excluding carboxylic acids is 2. The molecule has 1 aliphatic heterocycles. The minimum Gasteiger partial charge on any atom is -0.396 e. The molecule has 1 saturated carbocycles. The summed E-state index contributed by atoms with van der Waals surface area (Å²) in [5.74, 6) is 10.8. The Bertz CT molecular complexity index is 1100. The van der Waals surface area contributed by atoms with E-state index in [0.29, 0.717) is 11.3 Å². The van der Waals surface area contributed by atoms with E-state index in [1.807, 2.05) is 0 Å². The normalized spacial score (nSPS) is 21.6. The first kappa shape index (κ1) is 21.9. The second-order valence-electron chi connectivity index (χ2n) is 7.79. The summed E-state index contributed by atoms with van der Waals surface area (Å²) in [5.41, 5.74) is 2.74. The van der Waals surface area contributed by atoms with Crippen molar-refractivity contribution < 1.29 is 28.3 Å². The van der Waals surface area contributed by atoms with Gasteiger partial charge in [-0.25, -0.2) is 18.7 Å². The average molecular weight is 433 g/mol. The van der Waals surface area contributed by atoms with E-state index >= 15 is 0 Å². The maximum Gasteiger partial charge on any atom is 0.328 e. The Labute approximate surface area is 174 Å². The highest BCUT2D eigenvalue weighted by atomic mass is 32.2. The zero-order chi connectivity index (χ0) is 22.1. The van der Waals surface area contributed by atoms with Crippen LogP contribution in [0.15, 0.2) is 12.3 Å². The number of nitrogens with zero attached hydrogens (tertiary/aromatic N) is 2. The van der Waals surface area contributed by atoms with Gasteiger partial charge in [-0.05, 0) is 43.6 Å². The fourth-order valence-electron chi connectivity index (χ4n) is 3.26. The topological polar surface area (TPSA) is 129 Å². The van der Waals surface area contributed by atoms with Crippen LogP contribution < -0.4 is 5.48 Å². The molecule has 1 aromatic heterocycles. The van der Waals surface area contributed by atoms with Crippen molar-refractivity contribution in [1.29, 1.82) is 0 Å². The quantitative estimate of drug-likeness (QED) is 0.328. The molecule has 0 saturated heterocycles. The van der Waals surface area contributed by atoms with Gasteiger partial charge in [0.1, 0.15) is 0 Å². The standard InChI is InChI=1S/C20H23N3O6S/c1-20(18(25)21-27,30(2,28)29)7-8-22-12-17-9-14(11-23(17)19(22)26)5-3-4-6-15-10-16(15)13-24/h9,11,15-16,24,27H,7-8,10,12-13H2,1-2H3,(H,21,25)/t15-,16+,20?/m0/s1. The SMILES string of the molecule is CC(CCN1Cc2cc(C#CC#C[C@H]3C[C@@H]3CO)cn2C1=O)(C(=O)NO)S(C)(=O)=O. The first-order chi connectivity index (χ1) is 14.1. The molecule has 9 nitrogen and oxygen atoms in total. The monoisotopic (exact) mass is 433 g/mol. The minimum atomic E-state index is -3.83. The van der Waals surface area contributed by atoms with Gasteiger partial charge >= 0.3 is 6.03 Å². The van der Waals surface area contributed by atoms with Crippen molar-refractivity contribution in [2.24, 2.45) is 11.8 Å². The number of hydrogen-bond acceptors (Lipinski definition) is 6. The molecule has 2 heterocycles. The highest BCUT2D eigenvalue weighted by Crippen LogP contribution is 2.36. The van der Waals surface area contributed by atoms with Gasteiger partial charge in [0.15, 0.2) is 14.6 Å². The lowest BCUT2D eigenvalue weighted by atomic mass is 10.1. The molecule has 1 fully saturated rings. The van der Waals surface area contributed by atoms with Gasteiger partial charge in [0, 0.05) is 42.8 Å². The summed E-state index contributed by atoms with van der Waals surface area (Å²) in [4.78, 5) is 25.9. The second kappa shape index (κ2) is 8.15. The van der Waals surface area contributed by atoms with Crippen molar-refractivity contribution >= 4 is 21.8 Å². The molecule has 10 heteroatoms. The third-order valence-electron chi connectivity index (χ3n) is 5.67. The number of sulfone groups is 1. The molecule has 30 heavy (non-hydrogen) atoms. The van der Waals surface area contributed by atoms with E-state index < -0.39 is 20.5 Å². The zero-order valence-corrected chi connectivity index (χ0v) is 17.5. The predicted octanol–water partition coefficient (Wildman–Crippen LogP) is -0.0461. The molecule has 0 spiro atoms. The fourth-order valence-corrected chi connectivity index (χ4v) is 4.10. The van der Waals surface area contributed by atoms with Crippen molar-refractivity contribution in [3.8, 4) is 23.7 Å². The molecule has 3 atom stereocenters. The zero-order valence-electron chi connectivity index (χ0n) is 16.7. The highest BCUT2D eigenvalue weighted by Gasteiger charge is 2.44. The van der Waals surface area contributed by atoms with Gasteiger partial charge in [0.2, 0.25) is 0 Å². The summed E-state index contributed by atoms with van der Waals surface area (Å²) in [5, 5.41) is 17.9. The van der Waals surface area contributed by atoms with Crippen LogP contribution in [0.3, 0.4) is 0 Å². The molecular formula is C20H23N3O6S. The van der Waals surface area contributed by atoms with Crippen LogP contribution in [-0.4, -0.2) is 64.3 Å². The molecule has 1 aliphatic carbocycles. The first-order valence-electron chi connectivity index (χ1n) is 9.38. The molecule has 2 aliphatic rings. The van der Waals surface area contributed by atoms with E-state index in [4.69, 9.17) is 10.3 Å². The Kier molecular flexibility index (Phi) is 5.95. The number of amides is 2. The molecular weight excluding hydrogens is 410 g/mol. The number of carbonyl (C=O) groups is 2. The smallest absolute Gasteiger partial charge is 0.328 e. The van der Waals surface area contributed by atoms with Crippen LogP contribution in [0.25, 0.3) is 0 Å². The molecule has 0 bridgehead atoms. The van der Waals surface area contributed by atoms with Gasteiger partial charge < -0.3 is 10.0 Å². The summed E-state index contributed by atoms with van der Waals surface area (Å²) in [6.45, 7) is 1.64. The van der Waals surface area contributed by atoms with Gasteiger partial charge in [-0.15, -0.1) is 0 Å². The van der Waals surface area contributed by atoms with E-state index in [0.717, 1.165) is 12.7 Å². The van der Waals surface area contributed by atoms with Crippen LogP contribution in [0.2, 0.25) is 0 Å². The lowest BCUT2D eigenvalue weighted by molar-refractivity contribution is -0.131. The summed E-state index contributed by atoms with van der Waals surface area (Å²) in [7, 11) is -3.83. The molecule has 160 valence electrons. The number of aliphatic hydroxyl groups excluding tert-OH is 1. The first-order valence-corrected chi connectivity index (χ1v) is 11.3. The lowest BCUT2D eigenvalue weighted by Crippen LogP contribution is -2.50. The van der Waals surface area contributed by atoms with E-state index in [-0.39, 0.29) is 44.0 Å². The van der Waals surface area contributed by atoms with Gasteiger partial charge in [0.05, 0.1) is 6.54 Å². The molecule has 0 radical (unpaired) electrons. The molecule has 3 rings (SSSR count). The number of hydroxylamine groups is 1. The molecule has 1 unspecified atom stereocenters. The maximum atomic E-state index is 12.6. The second-order valence-corrected chi connectivity index (χ2v) is 10.2. The third-order valence-corrected chi connectivity index (χ3v) is 7.70. The van der Waals surface area contributed by atoms with Gasteiger partial charge in [0.25, 0.3) is 5.91 Å². The Hall–Kier alpha value is -2.79. The highest BCUT2D eigenvalue weighted by molar-refractivity contribution is 7.92. The Balaban J connectivity index is 1.63. The summed E-state index contributed by atoms with van der Waals surface area (Å²) >= 11 is 0. The van der Waals surface area contributed by atoms with Crippen molar-refractivity contribution in [1.82, 2.24) is 14.9 Å². The fraction of sp³-hybridized carbons (Fsp3) is 0.500. The van der Waals surface area contributed by atoms with Crippen LogP contribution >= 0.6 is 0 Å². The molecule has 0 aromatic carbocycles. The van der Waals surface area contributed by atoms with E-state index in [2.05, 4.69) is 23.7 Å². The van der Waals surface area contributed by atoms with Crippen LogP contribution in [0.5, 0.6) is 0 Å². The Morgan fingerprint density at radius 1 is 1.40 bits per heavy atom. The van der Waals surface area contributed by atoms with Gasteiger partial charge in [-0.1, -0.05) is 11.8 Å². The van der Waals surface area contributed by atoms with Gasteiger partial charge in [-0.3, -0.25) is 14.6 Å². The number of aromatic nitrogens is 1. The van der Waals surface area contributed by atoms with Crippen LogP contribution in [0, 0.1) is 35.5 Å². The summed E-state index contributed by atoms with van der Waals surface area (Å²) < 4.78 is 23.7. The summed E-state index contributed by atoms with van der Waals surface area (Å²) in [6, 6.07) is 1.42. The number of nitrogens with one attached hydrogen (secondary N) is 1. The summed E-state index contributed by atoms with van der Waals surface area (Å²) in [6.07, 6.45) is 3.25. The van der Waals surface area contributed by atoms with Crippen LogP contribution in [0.4, 0.5) is 4.79 Å². The van der Waals surface area contributed by atoms with Crippen molar-refractivity contribution in [2.75, 3.05) is 19.4 Å². The number of hydrogen-bond donors (Lipinski definition) is 3. The molecule has 2 amide bonds. The molecule has 3 N–H and O–H groups in total. The van der Waals surface area contributed by atoms with Crippen molar-refractivity contribution in [2.45, 2.75) is 31.1 Å². The van der Waals surface area contributed by atoms with Crippen molar-refractivity contribution in [3.05, 3.63) is 23.5 Å². The average Bonchev–Trinajstić information content (AvgIpc) is 3.25. The van der Waals surface area contributed by atoms with Crippen LogP contribution in [0.1, 0.15) is 31.0 Å². The Morgan fingerprint density at radius 2 is 2.13 bits per heavy atom. The predicted molar refractivity (Wildman–Crippen MR) is 107 cm³/mol. The van der Waals surface area contributed by atoms with E-state index in [9.17, 15) is 18.0 Å². The van der Waals surface area contributed by atoms with E-state index in [1.165, 1.54) is 21.9 Å². The number of rotatable bonds is 6. The Morgan fingerprint density at radius 3 is 2.70 bits per heavy atom. The van der Waals surface area contributed by atoms with Crippen LogP contribution in [-0.2, 0) is 21.2 Å². The minimum absolute atomic E-state index is 0.0252. The number of fused-ring (bicyclic) bond motifs is 1. The largest absolute Gasteiger partial charge is 0.396 e. The third kappa shape index (κ3) is 4.21. The maximum absolute atomic E-state index is 12.6. The molecule has 1 aromatic rings. The van der Waals surface area contributed by atoms with Gasteiger partial charge in [-0.2, -0.15) is 0 Å².